The number of carbonyl (C=O) groups is 2. The van der Waals surface area contributed by atoms with Crippen molar-refractivity contribution in [3.05, 3.63) is 66.5 Å². The van der Waals surface area contributed by atoms with Crippen LogP contribution in [-0.4, -0.2) is 55.5 Å². The Hall–Kier alpha value is -3.50. The van der Waals surface area contributed by atoms with E-state index in [-0.39, 0.29) is 34.6 Å². The zero-order valence-electron chi connectivity index (χ0n) is 23.1. The molecule has 2 N–H and O–H groups in total. The van der Waals surface area contributed by atoms with Crippen LogP contribution in [0.2, 0.25) is 0 Å². The Morgan fingerprint density at radius 1 is 1.02 bits per heavy atom. The van der Waals surface area contributed by atoms with Crippen LogP contribution in [0.3, 0.4) is 0 Å². The number of ether oxygens (including phenoxy) is 1. The van der Waals surface area contributed by atoms with Gasteiger partial charge in [0.2, 0.25) is 15.9 Å². The number of anilines is 1. The fourth-order valence-corrected chi connectivity index (χ4v) is 6.22. The lowest BCUT2D eigenvalue weighted by atomic mass is 9.97. The standard InChI is InChI=1S/C30H36N4O5S/c1-30(2,3)39-29(36)34-14-11-20(12-15-34)18-32-40(37,38)25-8-5-21(6-9-25)26-17-27(26)28(35)33-24-7-4-23-19-31-13-10-22(23)16-24/h4-10,13,16,19-20,26-27,32H,11-12,14-15,17-18H2,1-3H3,(H,33,35). The Kier molecular flexibility index (Phi) is 7.83. The molecule has 5 rings (SSSR count). The van der Waals surface area contributed by atoms with Gasteiger partial charge in [-0.3, -0.25) is 9.78 Å². The van der Waals surface area contributed by atoms with Crippen LogP contribution in [0.4, 0.5) is 10.5 Å². The number of pyridine rings is 1. The predicted octanol–water partition coefficient (Wildman–Crippen LogP) is 4.90. The highest BCUT2D eigenvalue weighted by atomic mass is 32.2. The summed E-state index contributed by atoms with van der Waals surface area (Å²) in [7, 11) is -3.66. The largest absolute Gasteiger partial charge is 0.444 e. The third kappa shape index (κ3) is 6.79. The van der Waals surface area contributed by atoms with Crippen LogP contribution in [0.25, 0.3) is 10.8 Å². The van der Waals surface area contributed by atoms with Crippen LogP contribution in [0.5, 0.6) is 0 Å². The Labute approximate surface area is 235 Å². The Morgan fingerprint density at radius 3 is 2.45 bits per heavy atom. The Balaban J connectivity index is 1.10. The van der Waals surface area contributed by atoms with Crippen molar-refractivity contribution in [1.82, 2.24) is 14.6 Å². The summed E-state index contributed by atoms with van der Waals surface area (Å²) in [5, 5.41) is 5.03. The quantitative estimate of drug-likeness (QED) is 0.421. The SMILES string of the molecule is CC(C)(C)OC(=O)N1CCC(CNS(=O)(=O)c2ccc(C3CC3C(=O)Nc3ccc4cnccc4c3)cc2)CC1. The Morgan fingerprint density at radius 2 is 1.75 bits per heavy atom. The van der Waals surface area contributed by atoms with Gasteiger partial charge >= 0.3 is 6.09 Å². The van der Waals surface area contributed by atoms with E-state index in [9.17, 15) is 18.0 Å². The van der Waals surface area contributed by atoms with Gasteiger partial charge < -0.3 is 15.0 Å². The number of sulfonamides is 1. The van der Waals surface area contributed by atoms with Gasteiger partial charge in [-0.05, 0) is 93.2 Å². The molecule has 1 saturated heterocycles. The third-order valence-electron chi connectivity index (χ3n) is 7.48. The minimum atomic E-state index is -3.66. The molecule has 0 radical (unpaired) electrons. The number of aromatic nitrogens is 1. The molecule has 1 saturated carbocycles. The van der Waals surface area contributed by atoms with Crippen molar-refractivity contribution in [1.29, 1.82) is 0 Å². The van der Waals surface area contributed by atoms with Gasteiger partial charge in [0, 0.05) is 49.0 Å². The van der Waals surface area contributed by atoms with E-state index in [1.807, 2.05) is 45.0 Å². The second-order valence-corrected chi connectivity index (χ2v) is 13.5. The molecule has 2 aliphatic rings. The van der Waals surface area contributed by atoms with Gasteiger partial charge in [0.05, 0.1) is 4.90 Å². The van der Waals surface area contributed by atoms with Crippen molar-refractivity contribution in [2.45, 2.75) is 56.4 Å². The molecule has 9 nitrogen and oxygen atoms in total. The topological polar surface area (TPSA) is 118 Å². The first kappa shape index (κ1) is 28.0. The lowest BCUT2D eigenvalue weighted by Gasteiger charge is -2.33. The highest BCUT2D eigenvalue weighted by molar-refractivity contribution is 7.89. The molecule has 2 atom stereocenters. The number of benzene rings is 2. The fraction of sp³-hybridized carbons (Fsp3) is 0.433. The molecule has 212 valence electrons. The average Bonchev–Trinajstić information content (AvgIpc) is 3.73. The highest BCUT2D eigenvalue weighted by Gasteiger charge is 2.44. The van der Waals surface area contributed by atoms with E-state index in [0.29, 0.717) is 32.5 Å². The first-order valence-corrected chi connectivity index (χ1v) is 15.2. The summed E-state index contributed by atoms with van der Waals surface area (Å²) in [5.74, 6) is 0.0528. The number of amides is 2. The smallest absolute Gasteiger partial charge is 0.410 e. The number of carbonyl (C=O) groups excluding carboxylic acids is 2. The number of rotatable bonds is 7. The van der Waals surface area contributed by atoms with Crippen molar-refractivity contribution in [3.8, 4) is 0 Å². The summed E-state index contributed by atoms with van der Waals surface area (Å²) in [4.78, 5) is 31.1. The molecule has 2 heterocycles. The predicted molar refractivity (Wildman–Crippen MR) is 153 cm³/mol. The summed E-state index contributed by atoms with van der Waals surface area (Å²) >= 11 is 0. The molecule has 40 heavy (non-hydrogen) atoms. The number of fused-ring (bicyclic) bond motifs is 1. The minimum absolute atomic E-state index is 0.0329. The minimum Gasteiger partial charge on any atom is -0.444 e. The second kappa shape index (κ2) is 11.2. The first-order valence-electron chi connectivity index (χ1n) is 13.7. The third-order valence-corrected chi connectivity index (χ3v) is 8.92. The monoisotopic (exact) mass is 564 g/mol. The zero-order chi connectivity index (χ0) is 28.5. The van der Waals surface area contributed by atoms with Crippen LogP contribution >= 0.6 is 0 Å². The Bertz CT molecular complexity index is 1490. The van der Waals surface area contributed by atoms with Gasteiger partial charge in [-0.1, -0.05) is 18.2 Å². The normalized spacial score (nSPS) is 19.8. The van der Waals surface area contributed by atoms with E-state index >= 15 is 0 Å². The molecule has 2 unspecified atom stereocenters. The lowest BCUT2D eigenvalue weighted by Crippen LogP contribution is -2.43. The number of nitrogens with zero attached hydrogens (tertiary/aromatic N) is 2. The average molecular weight is 565 g/mol. The summed E-state index contributed by atoms with van der Waals surface area (Å²) in [6.45, 7) is 6.93. The molecule has 10 heteroatoms. The van der Waals surface area contributed by atoms with Crippen molar-refractivity contribution in [3.63, 3.8) is 0 Å². The van der Waals surface area contributed by atoms with Crippen molar-refractivity contribution >= 4 is 38.5 Å². The molecule has 1 aliphatic carbocycles. The van der Waals surface area contributed by atoms with Crippen LogP contribution < -0.4 is 10.0 Å². The molecule has 0 spiro atoms. The van der Waals surface area contributed by atoms with Crippen LogP contribution in [0.15, 0.2) is 65.8 Å². The molecule has 0 bridgehead atoms. The number of nitrogens with one attached hydrogen (secondary N) is 2. The lowest BCUT2D eigenvalue weighted by molar-refractivity contribution is -0.117. The van der Waals surface area contributed by atoms with Crippen molar-refractivity contribution in [2.75, 3.05) is 25.0 Å². The number of piperidine rings is 1. The van der Waals surface area contributed by atoms with Gasteiger partial charge in [0.25, 0.3) is 0 Å². The first-order chi connectivity index (χ1) is 19.0. The van der Waals surface area contributed by atoms with Gasteiger partial charge in [0.1, 0.15) is 5.60 Å². The maximum atomic E-state index is 12.9. The maximum Gasteiger partial charge on any atom is 0.410 e. The molecule has 2 amide bonds. The van der Waals surface area contributed by atoms with Crippen molar-refractivity contribution < 1.29 is 22.7 Å². The van der Waals surface area contributed by atoms with Crippen LogP contribution in [-0.2, 0) is 19.6 Å². The summed E-state index contributed by atoms with van der Waals surface area (Å²) < 4.78 is 34.0. The van der Waals surface area contributed by atoms with Crippen LogP contribution in [0.1, 0.15) is 51.5 Å². The maximum absolute atomic E-state index is 12.9. The van der Waals surface area contributed by atoms with E-state index in [0.717, 1.165) is 28.4 Å². The molecule has 2 fully saturated rings. The van der Waals surface area contributed by atoms with E-state index in [2.05, 4.69) is 15.0 Å². The van der Waals surface area contributed by atoms with E-state index in [4.69, 9.17) is 4.74 Å². The molecule has 1 aromatic heterocycles. The van der Waals surface area contributed by atoms with Crippen molar-refractivity contribution in [2.24, 2.45) is 11.8 Å². The molecule has 1 aliphatic heterocycles. The van der Waals surface area contributed by atoms with Gasteiger partial charge in [-0.2, -0.15) is 0 Å². The van der Waals surface area contributed by atoms with Gasteiger partial charge in [-0.25, -0.2) is 17.9 Å². The summed E-state index contributed by atoms with van der Waals surface area (Å²) in [5.41, 5.74) is 1.16. The van der Waals surface area contributed by atoms with E-state index in [1.165, 1.54) is 0 Å². The number of hydrogen-bond donors (Lipinski definition) is 2. The van der Waals surface area contributed by atoms with Gasteiger partial charge in [-0.15, -0.1) is 0 Å². The second-order valence-electron chi connectivity index (χ2n) is 11.7. The molecular formula is C30H36N4O5S. The van der Waals surface area contributed by atoms with Gasteiger partial charge in [0.15, 0.2) is 0 Å². The highest BCUT2D eigenvalue weighted by Crippen LogP contribution is 2.48. The summed E-state index contributed by atoms with van der Waals surface area (Å²) in [6.07, 6.45) is 5.34. The van der Waals surface area contributed by atoms with E-state index in [1.54, 1.807) is 41.6 Å². The molecule has 2 aromatic carbocycles. The molecular weight excluding hydrogens is 528 g/mol. The van der Waals surface area contributed by atoms with Crippen LogP contribution in [0, 0.1) is 11.8 Å². The zero-order valence-corrected chi connectivity index (χ0v) is 23.9. The number of likely N-dealkylation sites (tertiary alicyclic amines) is 1. The fourth-order valence-electron chi connectivity index (χ4n) is 5.10. The van der Waals surface area contributed by atoms with E-state index < -0.39 is 15.6 Å². The summed E-state index contributed by atoms with van der Waals surface area (Å²) in [6, 6.07) is 14.5. The molecule has 3 aromatic rings. The number of hydrogen-bond acceptors (Lipinski definition) is 6.